The zero-order chi connectivity index (χ0) is 14.3. The van der Waals surface area contributed by atoms with Crippen molar-refractivity contribution < 1.29 is 19.1 Å². The highest BCUT2D eigenvalue weighted by atomic mass is 16.5. The van der Waals surface area contributed by atoms with Gasteiger partial charge in [0.25, 0.3) is 0 Å². The van der Waals surface area contributed by atoms with Crippen LogP contribution in [0, 0.1) is 11.3 Å². The summed E-state index contributed by atoms with van der Waals surface area (Å²) in [7, 11) is 2.39. The van der Waals surface area contributed by atoms with Crippen LogP contribution in [-0.4, -0.2) is 31.9 Å². The van der Waals surface area contributed by atoms with Crippen molar-refractivity contribution in [3.05, 3.63) is 29.8 Å². The van der Waals surface area contributed by atoms with Gasteiger partial charge in [-0.3, -0.25) is 4.79 Å². The van der Waals surface area contributed by atoms with Crippen LogP contribution in [-0.2, 0) is 19.1 Å². The van der Waals surface area contributed by atoms with Crippen LogP contribution in [0.25, 0.3) is 0 Å². The summed E-state index contributed by atoms with van der Waals surface area (Å²) in [5.41, 5.74) is 0.486. The summed E-state index contributed by atoms with van der Waals surface area (Å²) in [6.45, 7) is 0. The van der Waals surface area contributed by atoms with Crippen molar-refractivity contribution in [2.45, 2.75) is 6.42 Å². The van der Waals surface area contributed by atoms with E-state index in [0.29, 0.717) is 11.3 Å². The molecule has 0 aliphatic heterocycles. The van der Waals surface area contributed by atoms with Crippen LogP contribution >= 0.6 is 0 Å². The zero-order valence-electron chi connectivity index (χ0n) is 10.5. The third kappa shape index (κ3) is 3.92. The zero-order valence-corrected chi connectivity index (χ0v) is 10.5. The molecule has 1 aromatic carbocycles. The fourth-order valence-corrected chi connectivity index (χ4v) is 1.30. The van der Waals surface area contributed by atoms with Gasteiger partial charge in [-0.1, -0.05) is 12.1 Å². The molecule has 0 amide bonds. The topological polar surface area (TPSA) is 88.8 Å². The molecule has 1 aromatic rings. The molecule has 0 fully saturated rings. The molecule has 0 unspecified atom stereocenters. The number of methoxy groups -OCH3 is 2. The molecule has 0 N–H and O–H groups in total. The molecule has 0 heterocycles. The predicted molar refractivity (Wildman–Crippen MR) is 66.9 cm³/mol. The monoisotopic (exact) mass is 260 g/mol. The van der Waals surface area contributed by atoms with Gasteiger partial charge in [-0.2, -0.15) is 5.26 Å². The van der Waals surface area contributed by atoms with Gasteiger partial charge in [0.15, 0.2) is 0 Å². The second-order valence-electron chi connectivity index (χ2n) is 3.43. The molecule has 0 aromatic heterocycles. The Labute approximate surface area is 110 Å². The molecule has 0 saturated carbocycles. The Balaban J connectivity index is 3.16. The van der Waals surface area contributed by atoms with E-state index in [9.17, 15) is 9.59 Å². The van der Waals surface area contributed by atoms with Crippen molar-refractivity contribution in [3.8, 4) is 6.07 Å². The lowest BCUT2D eigenvalue weighted by atomic mass is 10.2. The summed E-state index contributed by atoms with van der Waals surface area (Å²) in [6, 6.07) is 8.43. The number of carbonyl (C=O) groups is 2. The van der Waals surface area contributed by atoms with Crippen molar-refractivity contribution in [3.63, 3.8) is 0 Å². The van der Waals surface area contributed by atoms with Gasteiger partial charge in [-0.25, -0.2) is 9.79 Å². The van der Waals surface area contributed by atoms with Crippen LogP contribution in [0.4, 0.5) is 5.69 Å². The molecule has 6 nitrogen and oxygen atoms in total. The van der Waals surface area contributed by atoms with Gasteiger partial charge in [0.2, 0.25) is 0 Å². The number of hydrogen-bond donors (Lipinski definition) is 0. The van der Waals surface area contributed by atoms with Crippen LogP contribution in [0.15, 0.2) is 29.3 Å². The van der Waals surface area contributed by atoms with Gasteiger partial charge in [-0.15, -0.1) is 0 Å². The lowest BCUT2D eigenvalue weighted by Gasteiger charge is -2.04. The molecule has 0 spiro atoms. The third-order valence-electron chi connectivity index (χ3n) is 2.24. The number of ether oxygens (including phenoxy) is 2. The maximum absolute atomic E-state index is 11.5. The quantitative estimate of drug-likeness (QED) is 0.602. The summed E-state index contributed by atoms with van der Waals surface area (Å²) in [5.74, 6) is -1.35. The van der Waals surface area contributed by atoms with Crippen LogP contribution in [0.5, 0.6) is 0 Å². The van der Waals surface area contributed by atoms with E-state index in [1.807, 2.05) is 6.07 Å². The Hall–Kier alpha value is -2.68. The van der Waals surface area contributed by atoms with E-state index < -0.39 is 11.9 Å². The molecule has 6 heteroatoms. The first-order chi connectivity index (χ1) is 9.12. The van der Waals surface area contributed by atoms with E-state index in [-0.39, 0.29) is 12.1 Å². The Morgan fingerprint density at radius 2 is 1.95 bits per heavy atom. The molecule has 0 aliphatic carbocycles. The van der Waals surface area contributed by atoms with Gasteiger partial charge in [0.05, 0.1) is 31.9 Å². The van der Waals surface area contributed by atoms with Crippen molar-refractivity contribution in [2.75, 3.05) is 14.2 Å². The van der Waals surface area contributed by atoms with E-state index >= 15 is 0 Å². The second kappa shape index (κ2) is 6.91. The molecular formula is C13H12N2O4. The van der Waals surface area contributed by atoms with E-state index in [4.69, 9.17) is 5.26 Å². The molecule has 0 bridgehead atoms. The molecule has 0 aliphatic rings. The van der Waals surface area contributed by atoms with Crippen molar-refractivity contribution in [2.24, 2.45) is 4.99 Å². The second-order valence-corrected chi connectivity index (χ2v) is 3.43. The highest BCUT2D eigenvalue weighted by Crippen LogP contribution is 2.18. The third-order valence-corrected chi connectivity index (χ3v) is 2.24. The van der Waals surface area contributed by atoms with Crippen molar-refractivity contribution >= 4 is 23.3 Å². The van der Waals surface area contributed by atoms with Gasteiger partial charge in [0, 0.05) is 0 Å². The number of hydrogen-bond acceptors (Lipinski definition) is 6. The fourth-order valence-electron chi connectivity index (χ4n) is 1.30. The minimum Gasteiger partial charge on any atom is -0.469 e. The minimum absolute atomic E-state index is 0.114. The maximum atomic E-state index is 11.5. The normalized spacial score (nSPS) is 10.5. The Bertz CT molecular complexity index is 558. The van der Waals surface area contributed by atoms with Gasteiger partial charge < -0.3 is 9.47 Å². The molecule has 19 heavy (non-hydrogen) atoms. The molecule has 0 saturated heterocycles. The molecular weight excluding hydrogens is 248 g/mol. The number of nitrogens with zero attached hydrogens (tertiary/aromatic N) is 2. The average Bonchev–Trinajstić information content (AvgIpc) is 2.45. The number of aliphatic imine (C=N–C) groups is 1. The maximum Gasteiger partial charge on any atom is 0.353 e. The summed E-state index contributed by atoms with van der Waals surface area (Å²) >= 11 is 0. The number of esters is 2. The summed E-state index contributed by atoms with van der Waals surface area (Å²) in [5, 5.41) is 8.93. The minimum atomic E-state index is -0.738. The highest BCUT2D eigenvalue weighted by molar-refractivity contribution is 6.39. The van der Waals surface area contributed by atoms with E-state index in [0.717, 1.165) is 0 Å². The standard InChI is InChI=1S/C13H12N2O4/c1-18-12(16)7-11(13(17)19-2)15-10-6-4-3-5-9(10)8-14/h3-6H,7H2,1-2H3. The Morgan fingerprint density at radius 1 is 1.26 bits per heavy atom. The smallest absolute Gasteiger partial charge is 0.353 e. The molecule has 1 rings (SSSR count). The van der Waals surface area contributed by atoms with Gasteiger partial charge >= 0.3 is 11.9 Å². The molecule has 0 radical (unpaired) electrons. The van der Waals surface area contributed by atoms with Gasteiger partial charge in [-0.05, 0) is 12.1 Å². The summed E-state index contributed by atoms with van der Waals surface area (Å²) in [4.78, 5) is 26.7. The van der Waals surface area contributed by atoms with Gasteiger partial charge in [0.1, 0.15) is 11.8 Å². The lowest BCUT2D eigenvalue weighted by molar-refractivity contribution is -0.140. The highest BCUT2D eigenvalue weighted by Gasteiger charge is 2.17. The summed E-state index contributed by atoms with van der Waals surface area (Å²) < 4.78 is 9.02. The average molecular weight is 260 g/mol. The van der Waals surface area contributed by atoms with Crippen LogP contribution in [0.3, 0.4) is 0 Å². The fraction of sp³-hybridized carbons (Fsp3) is 0.231. The molecule has 0 atom stereocenters. The Kier molecular flexibility index (Phi) is 5.23. The Morgan fingerprint density at radius 3 is 2.53 bits per heavy atom. The lowest BCUT2D eigenvalue weighted by Crippen LogP contribution is -2.20. The number of benzene rings is 1. The van der Waals surface area contributed by atoms with E-state index in [1.54, 1.807) is 24.3 Å². The van der Waals surface area contributed by atoms with Crippen LogP contribution < -0.4 is 0 Å². The predicted octanol–water partition coefficient (Wildman–Crippen LogP) is 1.37. The SMILES string of the molecule is COC(=O)CC(=Nc1ccccc1C#N)C(=O)OC. The van der Waals surface area contributed by atoms with Crippen molar-refractivity contribution in [1.82, 2.24) is 0 Å². The van der Waals surface area contributed by atoms with Crippen LogP contribution in [0.2, 0.25) is 0 Å². The number of rotatable bonds is 4. The number of carbonyl (C=O) groups excluding carboxylic acids is 2. The van der Waals surface area contributed by atoms with E-state index in [1.165, 1.54) is 14.2 Å². The van der Waals surface area contributed by atoms with E-state index in [2.05, 4.69) is 14.5 Å². The first-order valence-electron chi connectivity index (χ1n) is 5.34. The largest absolute Gasteiger partial charge is 0.469 e. The van der Waals surface area contributed by atoms with Crippen LogP contribution in [0.1, 0.15) is 12.0 Å². The number of nitriles is 1. The van der Waals surface area contributed by atoms with Crippen molar-refractivity contribution in [1.29, 1.82) is 5.26 Å². The first kappa shape index (κ1) is 14.4. The number of para-hydroxylation sites is 1. The summed E-state index contributed by atoms with van der Waals surface area (Å²) in [6.07, 6.45) is -0.317. The first-order valence-corrected chi connectivity index (χ1v) is 5.34. The molecule has 98 valence electrons.